The van der Waals surface area contributed by atoms with E-state index in [0.717, 1.165) is 10.2 Å². The molecule has 6 N–H and O–H groups in total. The molecule has 32 heavy (non-hydrogen) atoms. The second-order valence-electron chi connectivity index (χ2n) is 7.89. The molecular formula is C21H25N5O5S. The normalized spacial score (nSPS) is 22.9. The molecule has 11 heteroatoms. The molecule has 1 saturated carbocycles. The van der Waals surface area contributed by atoms with Crippen molar-refractivity contribution in [1.82, 2.24) is 15.0 Å². The maximum atomic E-state index is 11.1. The van der Waals surface area contributed by atoms with Gasteiger partial charge in [0.1, 0.15) is 16.9 Å². The highest BCUT2D eigenvalue weighted by molar-refractivity contribution is 7.21. The van der Waals surface area contributed by atoms with Crippen molar-refractivity contribution in [2.24, 2.45) is 5.92 Å². The van der Waals surface area contributed by atoms with Gasteiger partial charge in [0.25, 0.3) is 0 Å². The molecule has 1 fully saturated rings. The van der Waals surface area contributed by atoms with E-state index < -0.39 is 23.7 Å². The van der Waals surface area contributed by atoms with Gasteiger partial charge in [-0.2, -0.15) is 4.98 Å². The highest BCUT2D eigenvalue weighted by Crippen LogP contribution is 2.40. The summed E-state index contributed by atoms with van der Waals surface area (Å²) in [5, 5.41) is 46.6. The fourth-order valence-electron chi connectivity index (χ4n) is 3.89. The van der Waals surface area contributed by atoms with Gasteiger partial charge in [-0.3, -0.25) is 4.79 Å². The van der Waals surface area contributed by atoms with Crippen molar-refractivity contribution in [3.8, 4) is 10.6 Å². The summed E-state index contributed by atoms with van der Waals surface area (Å²) in [4.78, 5) is 24.4. The van der Waals surface area contributed by atoms with Crippen molar-refractivity contribution in [2.75, 3.05) is 23.8 Å². The first kappa shape index (κ1) is 22.3. The summed E-state index contributed by atoms with van der Waals surface area (Å²) in [5.41, 5.74) is 0.302. The van der Waals surface area contributed by atoms with Gasteiger partial charge in [-0.15, -0.1) is 11.3 Å². The second-order valence-corrected chi connectivity index (χ2v) is 8.92. The molecule has 4 rings (SSSR count). The zero-order valence-corrected chi connectivity index (χ0v) is 18.3. The van der Waals surface area contributed by atoms with Crippen molar-refractivity contribution >= 4 is 39.3 Å². The Morgan fingerprint density at radius 1 is 1.28 bits per heavy atom. The number of anilines is 2. The number of carbonyl (C=O) groups is 1. The number of rotatable bonds is 8. The van der Waals surface area contributed by atoms with Crippen LogP contribution in [0.5, 0.6) is 0 Å². The Morgan fingerprint density at radius 2 is 2.06 bits per heavy atom. The lowest BCUT2D eigenvalue weighted by Crippen LogP contribution is -2.48. The van der Waals surface area contributed by atoms with Crippen LogP contribution in [0.1, 0.15) is 25.0 Å². The summed E-state index contributed by atoms with van der Waals surface area (Å²) < 4.78 is 0.983. The van der Waals surface area contributed by atoms with Crippen molar-refractivity contribution < 1.29 is 25.2 Å². The lowest BCUT2D eigenvalue weighted by atomic mass is 10.0. The van der Waals surface area contributed by atoms with Crippen LogP contribution in [0.25, 0.3) is 20.8 Å². The largest absolute Gasteiger partial charge is 0.481 e. The molecule has 0 saturated heterocycles. The molecule has 3 aromatic rings. The number of nitrogens with one attached hydrogen (secondary N) is 2. The first-order valence-corrected chi connectivity index (χ1v) is 11.1. The molecule has 0 spiro atoms. The van der Waals surface area contributed by atoms with Crippen LogP contribution in [0.2, 0.25) is 0 Å². The number of aryl methyl sites for hydroxylation is 1. The summed E-state index contributed by atoms with van der Waals surface area (Å²) in [7, 11) is 0. The fourth-order valence-corrected chi connectivity index (χ4v) is 4.96. The van der Waals surface area contributed by atoms with Crippen molar-refractivity contribution in [1.29, 1.82) is 0 Å². The summed E-state index contributed by atoms with van der Waals surface area (Å²) in [6, 6.07) is 7.69. The topological polar surface area (TPSA) is 161 Å². The zero-order chi connectivity index (χ0) is 22.9. The van der Waals surface area contributed by atoms with Gasteiger partial charge in [0.2, 0.25) is 5.95 Å². The Bertz CT molecular complexity index is 1110. The van der Waals surface area contributed by atoms with Gasteiger partial charge in [-0.1, -0.05) is 12.1 Å². The highest BCUT2D eigenvalue weighted by Gasteiger charge is 2.47. The number of aliphatic hydroxyl groups is 3. The number of para-hydroxylation sites is 1. The number of nitrogens with zero attached hydrogens (tertiary/aromatic N) is 3. The number of aromatic nitrogens is 3. The van der Waals surface area contributed by atoms with Crippen LogP contribution in [-0.4, -0.2) is 66.3 Å². The standard InChI is InChI=1S/C21H25N5O5S/c1-11-16(19-24-13-4-2-3-5-14(13)32-19)18(25-20(23-11)22-9-7-15(28)29)26-21(31)8-6-12(10-27)17(21)30/h2-5,12,17,27,30-31H,6-10H2,1H3,(H,28,29)(H2,22,23,25,26). The van der Waals surface area contributed by atoms with E-state index in [1.165, 1.54) is 11.3 Å². The molecule has 1 aliphatic rings. The maximum absolute atomic E-state index is 11.1. The number of fused-ring (bicyclic) bond motifs is 1. The van der Waals surface area contributed by atoms with E-state index in [0.29, 0.717) is 22.7 Å². The third kappa shape index (κ3) is 4.37. The first-order chi connectivity index (χ1) is 15.3. The average molecular weight is 460 g/mol. The minimum Gasteiger partial charge on any atom is -0.481 e. The van der Waals surface area contributed by atoms with Crippen LogP contribution in [0, 0.1) is 12.8 Å². The van der Waals surface area contributed by atoms with E-state index in [1.807, 2.05) is 24.3 Å². The average Bonchev–Trinajstić information content (AvgIpc) is 3.28. The number of thiazole rings is 1. The Balaban J connectivity index is 1.75. The second kappa shape index (κ2) is 8.94. The summed E-state index contributed by atoms with van der Waals surface area (Å²) >= 11 is 1.46. The third-order valence-corrected chi connectivity index (χ3v) is 6.67. The molecule has 0 radical (unpaired) electrons. The number of aliphatic hydroxyl groups excluding tert-OH is 2. The van der Waals surface area contributed by atoms with Crippen LogP contribution < -0.4 is 10.6 Å². The van der Waals surface area contributed by atoms with E-state index in [4.69, 9.17) is 5.11 Å². The van der Waals surface area contributed by atoms with Gasteiger partial charge in [0.05, 0.1) is 27.9 Å². The Hall–Kier alpha value is -2.86. The predicted molar refractivity (Wildman–Crippen MR) is 121 cm³/mol. The van der Waals surface area contributed by atoms with E-state index >= 15 is 0 Å². The molecule has 3 atom stereocenters. The predicted octanol–water partition coefficient (Wildman–Crippen LogP) is 1.81. The molecule has 0 bridgehead atoms. The maximum Gasteiger partial charge on any atom is 0.305 e. The monoisotopic (exact) mass is 459 g/mol. The van der Waals surface area contributed by atoms with E-state index in [-0.39, 0.29) is 37.8 Å². The molecule has 1 aliphatic carbocycles. The van der Waals surface area contributed by atoms with E-state index in [1.54, 1.807) is 6.92 Å². The van der Waals surface area contributed by atoms with Crippen molar-refractivity contribution in [2.45, 2.75) is 38.0 Å². The van der Waals surface area contributed by atoms with E-state index in [2.05, 4.69) is 25.6 Å². The van der Waals surface area contributed by atoms with Crippen LogP contribution in [0.4, 0.5) is 11.8 Å². The SMILES string of the molecule is Cc1nc(NCCC(=O)O)nc(NC2(O)CCC(CO)C2O)c1-c1nc2ccccc2s1. The minimum atomic E-state index is -1.68. The number of hydrogen-bond acceptors (Lipinski definition) is 10. The minimum absolute atomic E-state index is 0.106. The molecule has 2 heterocycles. The highest BCUT2D eigenvalue weighted by atomic mass is 32.1. The number of hydrogen-bond donors (Lipinski definition) is 6. The van der Waals surface area contributed by atoms with Gasteiger partial charge in [-0.05, 0) is 31.9 Å². The molecule has 10 nitrogen and oxygen atoms in total. The molecular weight excluding hydrogens is 434 g/mol. The summed E-state index contributed by atoms with van der Waals surface area (Å²) in [5.74, 6) is -0.924. The van der Waals surface area contributed by atoms with Gasteiger partial charge in [0.15, 0.2) is 5.72 Å². The number of carboxylic acid groups (broad SMARTS) is 1. The quantitative estimate of drug-likeness (QED) is 0.274. The fraction of sp³-hybridized carbons (Fsp3) is 0.429. The molecule has 170 valence electrons. The summed E-state index contributed by atoms with van der Waals surface area (Å²) in [6.45, 7) is 1.68. The van der Waals surface area contributed by atoms with Crippen LogP contribution in [0.15, 0.2) is 24.3 Å². The third-order valence-electron chi connectivity index (χ3n) is 5.62. The molecule has 3 unspecified atom stereocenters. The lowest BCUT2D eigenvalue weighted by molar-refractivity contribution is -0.136. The Kier molecular flexibility index (Phi) is 6.24. The van der Waals surface area contributed by atoms with Gasteiger partial charge in [-0.25, -0.2) is 9.97 Å². The van der Waals surface area contributed by atoms with Gasteiger partial charge >= 0.3 is 5.97 Å². The van der Waals surface area contributed by atoms with Crippen LogP contribution in [-0.2, 0) is 4.79 Å². The van der Waals surface area contributed by atoms with Crippen molar-refractivity contribution in [3.05, 3.63) is 30.0 Å². The molecule has 2 aromatic heterocycles. The summed E-state index contributed by atoms with van der Waals surface area (Å²) in [6.07, 6.45) is -0.616. The smallest absolute Gasteiger partial charge is 0.305 e. The molecule has 0 amide bonds. The van der Waals surface area contributed by atoms with Crippen molar-refractivity contribution in [3.63, 3.8) is 0 Å². The number of benzene rings is 1. The Morgan fingerprint density at radius 3 is 2.75 bits per heavy atom. The zero-order valence-electron chi connectivity index (χ0n) is 17.4. The lowest BCUT2D eigenvalue weighted by Gasteiger charge is -2.31. The first-order valence-electron chi connectivity index (χ1n) is 10.3. The molecule has 0 aliphatic heterocycles. The number of aliphatic carboxylic acids is 1. The van der Waals surface area contributed by atoms with Gasteiger partial charge in [0, 0.05) is 19.1 Å². The molecule has 1 aromatic carbocycles. The van der Waals surface area contributed by atoms with Crippen LogP contribution in [0.3, 0.4) is 0 Å². The number of carboxylic acids is 1. The van der Waals surface area contributed by atoms with Crippen LogP contribution >= 0.6 is 11.3 Å². The van der Waals surface area contributed by atoms with Gasteiger partial charge < -0.3 is 31.1 Å². The van der Waals surface area contributed by atoms with E-state index in [9.17, 15) is 20.1 Å². The Labute approximate surface area is 188 Å².